The molecule has 0 fully saturated rings. The van der Waals surface area contributed by atoms with E-state index in [1.54, 1.807) is 24.4 Å². The Morgan fingerprint density at radius 3 is 2.32 bits per heavy atom. The van der Waals surface area contributed by atoms with E-state index in [2.05, 4.69) is 50.3 Å². The highest BCUT2D eigenvalue weighted by Crippen LogP contribution is 2.30. The van der Waals surface area contributed by atoms with Crippen LogP contribution in [0, 0.1) is 7.14 Å². The highest BCUT2D eigenvalue weighted by atomic mass is 127. The molecule has 0 spiro atoms. The quantitative estimate of drug-likeness (QED) is 0.130. The molecule has 5 nitrogen and oxygen atoms in total. The summed E-state index contributed by atoms with van der Waals surface area (Å²) < 4.78 is 9.27. The molecule has 184 valence electrons. The standard InChI is InChI=1S/C28H17Cl2I2N3O2/c29-21-11-10-17(12-22(21)30)16-37-26-23(31)13-18(14-24(26)32)15-33-35-27(19-6-2-1-3-7-19)34-25-9-5-4-8-20(25)28(35)36/h1-15H,16H2. The molecule has 9 heteroatoms. The Morgan fingerprint density at radius 2 is 1.59 bits per heavy atom. The Morgan fingerprint density at radius 1 is 0.892 bits per heavy atom. The van der Waals surface area contributed by atoms with Gasteiger partial charge in [0.05, 0.1) is 34.3 Å². The zero-order chi connectivity index (χ0) is 25.9. The van der Waals surface area contributed by atoms with Crippen LogP contribution >= 0.6 is 68.4 Å². The molecule has 0 saturated heterocycles. The van der Waals surface area contributed by atoms with Crippen LogP contribution in [0.3, 0.4) is 0 Å². The number of benzene rings is 4. The van der Waals surface area contributed by atoms with Crippen LogP contribution in [-0.2, 0) is 6.61 Å². The maximum atomic E-state index is 13.4. The summed E-state index contributed by atoms with van der Waals surface area (Å²) in [6, 6.07) is 26.2. The maximum Gasteiger partial charge on any atom is 0.282 e. The zero-order valence-corrected chi connectivity index (χ0v) is 24.9. The summed E-state index contributed by atoms with van der Waals surface area (Å²) in [6.45, 7) is 0.356. The van der Waals surface area contributed by atoms with Crippen molar-refractivity contribution in [3.05, 3.63) is 124 Å². The van der Waals surface area contributed by atoms with Crippen LogP contribution in [0.25, 0.3) is 22.3 Å². The van der Waals surface area contributed by atoms with Crippen LogP contribution in [-0.4, -0.2) is 15.9 Å². The number of nitrogens with zero attached hydrogens (tertiary/aromatic N) is 3. The normalized spacial score (nSPS) is 11.4. The monoisotopic (exact) mass is 751 g/mol. The molecule has 4 aromatic carbocycles. The molecule has 37 heavy (non-hydrogen) atoms. The predicted octanol–water partition coefficient (Wildman–Crippen LogP) is 8.04. The van der Waals surface area contributed by atoms with Crippen molar-refractivity contribution >= 4 is 85.5 Å². The molecule has 1 heterocycles. The minimum atomic E-state index is -0.230. The summed E-state index contributed by atoms with van der Waals surface area (Å²) in [7, 11) is 0. The van der Waals surface area contributed by atoms with Gasteiger partial charge in [-0.3, -0.25) is 4.79 Å². The van der Waals surface area contributed by atoms with Gasteiger partial charge in [0, 0.05) is 5.56 Å². The Labute approximate surface area is 250 Å². The van der Waals surface area contributed by atoms with Gasteiger partial charge in [-0.25, -0.2) is 4.98 Å². The lowest BCUT2D eigenvalue weighted by Crippen LogP contribution is -2.20. The number of rotatable bonds is 6. The van der Waals surface area contributed by atoms with Crippen molar-refractivity contribution in [2.24, 2.45) is 5.10 Å². The Balaban J connectivity index is 1.48. The van der Waals surface area contributed by atoms with Gasteiger partial charge in [0.25, 0.3) is 5.56 Å². The predicted molar refractivity (Wildman–Crippen MR) is 167 cm³/mol. The van der Waals surface area contributed by atoms with Gasteiger partial charge < -0.3 is 4.74 Å². The van der Waals surface area contributed by atoms with E-state index in [1.807, 2.05) is 66.7 Å². The van der Waals surface area contributed by atoms with Gasteiger partial charge in [0.2, 0.25) is 0 Å². The third-order valence-electron chi connectivity index (χ3n) is 5.50. The SMILES string of the molecule is O=c1c2ccccc2nc(-c2ccccc2)n1N=Cc1cc(I)c(OCc2ccc(Cl)c(Cl)c2)c(I)c1. The van der Waals surface area contributed by atoms with E-state index >= 15 is 0 Å². The van der Waals surface area contributed by atoms with E-state index in [4.69, 9.17) is 32.9 Å². The summed E-state index contributed by atoms with van der Waals surface area (Å²) in [4.78, 5) is 18.1. The first-order valence-electron chi connectivity index (χ1n) is 11.1. The minimum Gasteiger partial charge on any atom is -0.487 e. The van der Waals surface area contributed by atoms with Gasteiger partial charge in [-0.15, -0.1) is 0 Å². The molecule has 0 saturated carbocycles. The summed E-state index contributed by atoms with van der Waals surface area (Å²) >= 11 is 16.6. The fraction of sp³-hybridized carbons (Fsp3) is 0.0357. The van der Waals surface area contributed by atoms with Crippen molar-refractivity contribution < 1.29 is 4.74 Å². The first kappa shape index (κ1) is 26.1. The van der Waals surface area contributed by atoms with Crippen molar-refractivity contribution in [2.75, 3.05) is 0 Å². The van der Waals surface area contributed by atoms with Crippen LogP contribution in [0.4, 0.5) is 0 Å². The average molecular weight is 752 g/mol. The first-order valence-corrected chi connectivity index (χ1v) is 14.0. The van der Waals surface area contributed by atoms with Gasteiger partial charge >= 0.3 is 0 Å². The second-order valence-corrected chi connectivity index (χ2v) is 11.2. The van der Waals surface area contributed by atoms with Gasteiger partial charge in [0.1, 0.15) is 12.4 Å². The smallest absolute Gasteiger partial charge is 0.282 e. The van der Waals surface area contributed by atoms with Crippen molar-refractivity contribution in [3.8, 4) is 17.1 Å². The molecule has 5 aromatic rings. The Hall–Kier alpha value is -2.47. The Kier molecular flexibility index (Phi) is 8.13. The number of aromatic nitrogens is 2. The molecule has 0 unspecified atom stereocenters. The lowest BCUT2D eigenvalue weighted by Gasteiger charge is -2.12. The highest BCUT2D eigenvalue weighted by molar-refractivity contribution is 14.1. The molecule has 1 aromatic heterocycles. The number of ether oxygens (including phenoxy) is 1. The first-order chi connectivity index (χ1) is 17.9. The largest absolute Gasteiger partial charge is 0.487 e. The van der Waals surface area contributed by atoms with Crippen LogP contribution in [0.2, 0.25) is 10.0 Å². The van der Waals surface area contributed by atoms with Gasteiger partial charge in [0.15, 0.2) is 5.82 Å². The van der Waals surface area contributed by atoms with E-state index in [9.17, 15) is 4.79 Å². The van der Waals surface area contributed by atoms with E-state index in [0.717, 1.165) is 29.6 Å². The highest BCUT2D eigenvalue weighted by Gasteiger charge is 2.13. The van der Waals surface area contributed by atoms with E-state index in [-0.39, 0.29) is 5.56 Å². The number of para-hydroxylation sites is 1. The van der Waals surface area contributed by atoms with E-state index in [1.165, 1.54) is 4.68 Å². The van der Waals surface area contributed by atoms with Gasteiger partial charge in [-0.2, -0.15) is 9.78 Å². The molecule has 5 rings (SSSR count). The molecular weight excluding hydrogens is 735 g/mol. The molecule has 0 radical (unpaired) electrons. The molecule has 0 bridgehead atoms. The summed E-state index contributed by atoms with van der Waals surface area (Å²) in [5.41, 5.74) is 2.95. The fourth-order valence-electron chi connectivity index (χ4n) is 3.71. The van der Waals surface area contributed by atoms with Gasteiger partial charge in [-0.1, -0.05) is 71.7 Å². The van der Waals surface area contributed by atoms with Crippen molar-refractivity contribution in [3.63, 3.8) is 0 Å². The van der Waals surface area contributed by atoms with Crippen molar-refractivity contribution in [2.45, 2.75) is 6.61 Å². The molecule has 0 aliphatic carbocycles. The van der Waals surface area contributed by atoms with Crippen LogP contribution in [0.1, 0.15) is 11.1 Å². The number of hydrogen-bond donors (Lipinski definition) is 0. The minimum absolute atomic E-state index is 0.230. The van der Waals surface area contributed by atoms with Crippen molar-refractivity contribution in [1.82, 2.24) is 9.66 Å². The molecule has 0 amide bonds. The third kappa shape index (κ3) is 5.84. The second-order valence-electron chi connectivity index (χ2n) is 8.03. The average Bonchev–Trinajstić information content (AvgIpc) is 2.90. The summed E-state index contributed by atoms with van der Waals surface area (Å²) in [5.74, 6) is 1.24. The van der Waals surface area contributed by atoms with Gasteiger partial charge in [-0.05, 0) is 92.7 Å². The van der Waals surface area contributed by atoms with Crippen LogP contribution in [0.15, 0.2) is 94.8 Å². The number of halogens is 4. The van der Waals surface area contributed by atoms with E-state index < -0.39 is 0 Å². The van der Waals surface area contributed by atoms with Crippen molar-refractivity contribution in [1.29, 1.82) is 0 Å². The fourth-order valence-corrected chi connectivity index (χ4v) is 6.15. The molecular formula is C28H17Cl2I2N3O2. The molecule has 0 atom stereocenters. The van der Waals surface area contributed by atoms with Crippen LogP contribution < -0.4 is 10.3 Å². The summed E-state index contributed by atoms with van der Waals surface area (Å²) in [5, 5.41) is 6.08. The topological polar surface area (TPSA) is 56.5 Å². The lowest BCUT2D eigenvalue weighted by molar-refractivity contribution is 0.302. The van der Waals surface area contributed by atoms with Crippen LogP contribution in [0.5, 0.6) is 5.75 Å². The Bertz CT molecular complexity index is 1680. The zero-order valence-electron chi connectivity index (χ0n) is 19.0. The molecule has 0 aliphatic heterocycles. The molecule has 0 aliphatic rings. The van der Waals surface area contributed by atoms with E-state index in [0.29, 0.717) is 33.4 Å². The number of hydrogen-bond acceptors (Lipinski definition) is 4. The molecule has 0 N–H and O–H groups in total. The second kappa shape index (κ2) is 11.5. The third-order valence-corrected chi connectivity index (χ3v) is 7.84. The summed E-state index contributed by atoms with van der Waals surface area (Å²) in [6.07, 6.45) is 1.66. The lowest BCUT2D eigenvalue weighted by atomic mass is 10.2. The maximum absolute atomic E-state index is 13.4. The number of fused-ring (bicyclic) bond motifs is 1.